The van der Waals surface area contributed by atoms with Crippen molar-refractivity contribution >= 4 is 11.0 Å². The van der Waals surface area contributed by atoms with Gasteiger partial charge in [0.1, 0.15) is 17.8 Å². The van der Waals surface area contributed by atoms with Gasteiger partial charge in [-0.15, -0.1) is 0 Å². The van der Waals surface area contributed by atoms with Crippen molar-refractivity contribution in [2.75, 3.05) is 19.8 Å². The summed E-state index contributed by atoms with van der Waals surface area (Å²) in [5.41, 5.74) is -1.94. The van der Waals surface area contributed by atoms with E-state index in [0.717, 1.165) is 0 Å². The van der Waals surface area contributed by atoms with Crippen molar-refractivity contribution in [3.63, 3.8) is 0 Å². The molecule has 1 fully saturated rings. The summed E-state index contributed by atoms with van der Waals surface area (Å²) in [4.78, 5) is 0. The predicted octanol–water partition coefficient (Wildman–Crippen LogP) is -5.94. The fourth-order valence-electron chi connectivity index (χ4n) is 2.15. The lowest BCUT2D eigenvalue weighted by Gasteiger charge is -2.46. The fraction of sp³-hybridized carbons (Fsp3) is 1.00. The van der Waals surface area contributed by atoms with E-state index in [2.05, 4.69) is 5.32 Å². The third-order valence-corrected chi connectivity index (χ3v) is 3.37. The zero-order chi connectivity index (χ0) is 13.9. The highest BCUT2D eigenvalue weighted by Gasteiger charge is 2.51. The lowest BCUT2D eigenvalue weighted by Crippen LogP contribution is -2.68. The van der Waals surface area contributed by atoms with Gasteiger partial charge in [-0.25, -0.2) is 0 Å². The molecule has 0 amide bonds. The smallest absolute Gasteiger partial charge is 0.118 e. The summed E-state index contributed by atoms with van der Waals surface area (Å²) >= 11 is 0. The van der Waals surface area contributed by atoms with Crippen molar-refractivity contribution in [3.8, 4) is 0 Å². The highest BCUT2D eigenvalue weighted by atomic mass is 28.1. The van der Waals surface area contributed by atoms with Gasteiger partial charge in [0, 0.05) is 6.04 Å². The zero-order valence-electron chi connectivity index (χ0n) is 9.85. The molecule has 0 heterocycles. The Balaban J connectivity index is 0.00000324. The first-order valence-corrected chi connectivity index (χ1v) is 5.74. The van der Waals surface area contributed by atoms with Crippen molar-refractivity contribution in [2.45, 2.75) is 42.4 Å². The van der Waals surface area contributed by atoms with Gasteiger partial charge in [-0.1, -0.05) is 0 Å². The van der Waals surface area contributed by atoms with Crippen LogP contribution in [0, 0.1) is 0 Å². The number of hydrogen-bond donors (Lipinski definition) is 8. The number of nitrogens with one attached hydrogen (secondary N) is 1. The maximum atomic E-state index is 9.93. The highest BCUT2D eigenvalue weighted by Crippen LogP contribution is 2.29. The van der Waals surface area contributed by atoms with Crippen LogP contribution in [0.5, 0.6) is 0 Å². The van der Waals surface area contributed by atoms with E-state index < -0.39 is 55.8 Å². The summed E-state index contributed by atoms with van der Waals surface area (Å²) in [7, 11) is 0. The third-order valence-electron chi connectivity index (χ3n) is 3.37. The van der Waals surface area contributed by atoms with Gasteiger partial charge in [0.25, 0.3) is 0 Å². The van der Waals surface area contributed by atoms with E-state index >= 15 is 0 Å². The van der Waals surface area contributed by atoms with Gasteiger partial charge in [0.05, 0.1) is 32.0 Å². The molecule has 8 N–H and O–H groups in total. The maximum Gasteiger partial charge on any atom is 0.118 e. The average Bonchev–Trinajstić information content (AvgIpc) is 2.39. The molecule has 0 saturated heterocycles. The summed E-state index contributed by atoms with van der Waals surface area (Å²) in [6, 6.07) is -1.60. The molecule has 116 valence electrons. The molecular formula is C10H25NO7Si. The lowest BCUT2D eigenvalue weighted by atomic mass is 9.76. The maximum absolute atomic E-state index is 9.93. The van der Waals surface area contributed by atoms with Gasteiger partial charge >= 0.3 is 0 Å². The molecule has 1 aliphatic rings. The average molecular weight is 299 g/mol. The van der Waals surface area contributed by atoms with Crippen LogP contribution in [0.25, 0.3) is 0 Å². The minimum atomic E-state index is -1.94. The topological polar surface area (TPSA) is 154 Å². The van der Waals surface area contributed by atoms with Gasteiger partial charge in [-0.05, 0) is 17.4 Å². The molecule has 8 nitrogen and oxygen atoms in total. The molecule has 0 spiro atoms. The number of aliphatic hydroxyl groups excluding tert-OH is 6. The second-order valence-electron chi connectivity index (χ2n) is 4.73. The van der Waals surface area contributed by atoms with E-state index in [1.807, 2.05) is 0 Å². The summed E-state index contributed by atoms with van der Waals surface area (Å²) in [5, 5.41) is 68.4. The molecule has 1 saturated carbocycles. The van der Waals surface area contributed by atoms with Crippen LogP contribution in [0.4, 0.5) is 0 Å². The molecule has 0 radical (unpaired) electrons. The first-order valence-electron chi connectivity index (χ1n) is 5.74. The first kappa shape index (κ1) is 18.9. The Labute approximate surface area is 115 Å². The van der Waals surface area contributed by atoms with E-state index in [9.17, 15) is 20.4 Å². The summed E-state index contributed by atoms with van der Waals surface area (Å²) in [6.07, 6.45) is -4.91. The number of rotatable bonds is 5. The molecule has 0 aromatic carbocycles. The quantitative estimate of drug-likeness (QED) is 0.233. The molecule has 0 aromatic rings. The van der Waals surface area contributed by atoms with E-state index in [-0.39, 0.29) is 17.4 Å². The third kappa shape index (κ3) is 3.94. The van der Waals surface area contributed by atoms with Crippen LogP contribution in [-0.2, 0) is 0 Å². The summed E-state index contributed by atoms with van der Waals surface area (Å²) in [6.45, 7) is -1.56. The second kappa shape index (κ2) is 7.62. The zero-order valence-corrected chi connectivity index (χ0v) is 9.85. The molecule has 1 aliphatic carbocycles. The van der Waals surface area contributed by atoms with Crippen molar-refractivity contribution in [2.24, 2.45) is 0 Å². The first-order chi connectivity index (χ1) is 8.39. The van der Waals surface area contributed by atoms with Crippen LogP contribution < -0.4 is 5.32 Å². The minimum Gasteiger partial charge on any atom is -0.395 e. The molecule has 0 unspecified atom stereocenters. The van der Waals surface area contributed by atoms with Crippen LogP contribution in [0.3, 0.4) is 0 Å². The Hall–Kier alpha value is -0.103. The Morgan fingerprint density at radius 1 is 1.05 bits per heavy atom. The van der Waals surface area contributed by atoms with Crippen molar-refractivity contribution in [1.82, 2.24) is 5.32 Å². The molecule has 0 aliphatic heterocycles. The second-order valence-corrected chi connectivity index (χ2v) is 4.73. The van der Waals surface area contributed by atoms with Gasteiger partial charge in [0.2, 0.25) is 0 Å². The fourth-order valence-corrected chi connectivity index (χ4v) is 2.15. The normalized spacial score (nSPS) is 39.2. The minimum absolute atomic E-state index is 0. The highest BCUT2D eigenvalue weighted by molar-refractivity contribution is 5.75. The van der Waals surface area contributed by atoms with E-state index in [4.69, 9.17) is 15.3 Å². The van der Waals surface area contributed by atoms with Crippen LogP contribution in [-0.4, -0.2) is 103 Å². The number of aliphatic hydroxyl groups is 7. The Kier molecular flexibility index (Phi) is 7.58. The SMILES string of the molecule is OCC(CO)N[C@H]1C[C@](O)(CO)[C@@H](O)[C@H](O)[C@H]1O.[SiH4]. The molecule has 9 heteroatoms. The van der Waals surface area contributed by atoms with Gasteiger partial charge in [-0.3, -0.25) is 0 Å². The summed E-state index contributed by atoms with van der Waals surface area (Å²) in [5.74, 6) is 0. The molecule has 0 aromatic heterocycles. The largest absolute Gasteiger partial charge is 0.395 e. The molecule has 19 heavy (non-hydrogen) atoms. The van der Waals surface area contributed by atoms with Crippen LogP contribution in [0.2, 0.25) is 0 Å². The van der Waals surface area contributed by atoms with Crippen molar-refractivity contribution in [1.29, 1.82) is 0 Å². The van der Waals surface area contributed by atoms with Crippen LogP contribution in [0.1, 0.15) is 6.42 Å². The Bertz CT molecular complexity index is 268. The van der Waals surface area contributed by atoms with Crippen molar-refractivity contribution in [3.05, 3.63) is 0 Å². The van der Waals surface area contributed by atoms with Gasteiger partial charge < -0.3 is 41.1 Å². The summed E-state index contributed by atoms with van der Waals surface area (Å²) < 4.78 is 0. The van der Waals surface area contributed by atoms with Gasteiger partial charge in [0.15, 0.2) is 0 Å². The number of hydrogen-bond acceptors (Lipinski definition) is 8. The molecular weight excluding hydrogens is 274 g/mol. The van der Waals surface area contributed by atoms with E-state index in [0.29, 0.717) is 0 Å². The van der Waals surface area contributed by atoms with E-state index in [1.54, 1.807) is 0 Å². The monoisotopic (exact) mass is 299 g/mol. The van der Waals surface area contributed by atoms with Crippen LogP contribution >= 0.6 is 0 Å². The molecule has 1 rings (SSSR count). The predicted molar refractivity (Wildman–Crippen MR) is 70.9 cm³/mol. The molecule has 5 atom stereocenters. The standard InChI is InChI=1S/C10H21NO7.H4Si/c12-2-5(3-13)11-6-1-10(18,4-14)9(17)8(16)7(6)15;/h5-9,11-18H,1-4H2;1H4/t6-,7-,8+,9-,10-;/m0./s1. The van der Waals surface area contributed by atoms with Crippen LogP contribution in [0.15, 0.2) is 0 Å². The molecule has 0 bridgehead atoms. The Morgan fingerprint density at radius 2 is 1.58 bits per heavy atom. The van der Waals surface area contributed by atoms with E-state index in [1.165, 1.54) is 0 Å². The Morgan fingerprint density at radius 3 is 2.00 bits per heavy atom. The lowest BCUT2D eigenvalue weighted by molar-refractivity contribution is -0.207. The van der Waals surface area contributed by atoms with Gasteiger partial charge in [-0.2, -0.15) is 0 Å². The van der Waals surface area contributed by atoms with Crippen molar-refractivity contribution < 1.29 is 35.7 Å².